The highest BCUT2D eigenvalue weighted by Crippen LogP contribution is 2.46. The molecule has 0 saturated carbocycles. The number of hydrogen-bond acceptors (Lipinski definition) is 4. The predicted octanol–water partition coefficient (Wildman–Crippen LogP) is 11.5. The number of unbranched alkanes of at least 4 members (excludes halogenated alkanes) is 14. The van der Waals surface area contributed by atoms with Gasteiger partial charge in [0.2, 0.25) is 0 Å². The van der Waals surface area contributed by atoms with Crippen molar-refractivity contribution in [1.82, 2.24) is 9.80 Å². The lowest BCUT2D eigenvalue weighted by Crippen LogP contribution is -2.41. The van der Waals surface area contributed by atoms with Crippen LogP contribution < -0.4 is 0 Å². The average Bonchev–Trinajstić information content (AvgIpc) is 3.16. The van der Waals surface area contributed by atoms with Crippen molar-refractivity contribution < 1.29 is 19.2 Å². The van der Waals surface area contributed by atoms with Gasteiger partial charge < -0.3 is 0 Å². The van der Waals surface area contributed by atoms with Crippen molar-refractivity contribution in [3.63, 3.8) is 0 Å². The van der Waals surface area contributed by atoms with Crippen LogP contribution in [0.15, 0.2) is 73.8 Å². The van der Waals surface area contributed by atoms with Crippen molar-refractivity contribution in [2.75, 3.05) is 13.1 Å². The Morgan fingerprint density at radius 3 is 0.923 bits per heavy atom. The van der Waals surface area contributed by atoms with Gasteiger partial charge in [-0.3, -0.25) is 29.0 Å². The number of nitrogens with zero attached hydrogens (tertiary/aromatic N) is 2. The molecule has 0 atom stereocenters. The predicted molar refractivity (Wildman–Crippen MR) is 213 cm³/mol. The summed E-state index contributed by atoms with van der Waals surface area (Å²) in [6, 6.07) is 15.3. The van der Waals surface area contributed by atoms with Crippen LogP contribution in [0.1, 0.15) is 144 Å². The molecule has 0 unspecified atom stereocenters. The number of rotatable bonds is 20. The third-order valence-electron chi connectivity index (χ3n) is 11.4. The van der Waals surface area contributed by atoms with E-state index in [1.54, 1.807) is 0 Å². The lowest BCUT2D eigenvalue weighted by molar-refractivity contribution is 0.0592. The highest BCUT2D eigenvalue weighted by atomic mass is 16.2. The molecular weight excluding hydrogens is 645 g/mol. The van der Waals surface area contributed by atoms with Crippen LogP contribution in [-0.4, -0.2) is 46.5 Å². The van der Waals surface area contributed by atoms with Gasteiger partial charge in [0.25, 0.3) is 23.6 Å². The molecule has 2 aliphatic rings. The summed E-state index contributed by atoms with van der Waals surface area (Å²) in [5.41, 5.74) is 2.22. The molecule has 6 nitrogen and oxygen atoms in total. The molecule has 0 saturated heterocycles. The first-order valence-corrected chi connectivity index (χ1v) is 19.6. The maximum Gasteiger partial charge on any atom is 0.261 e. The number of carbonyl (C=O) groups excluding carboxylic acids is 4. The third-order valence-corrected chi connectivity index (χ3v) is 11.4. The lowest BCUT2D eigenvalue weighted by Gasteiger charge is -2.30. The van der Waals surface area contributed by atoms with E-state index in [0.717, 1.165) is 83.7 Å². The van der Waals surface area contributed by atoms with Gasteiger partial charge in [0.05, 0.1) is 0 Å². The van der Waals surface area contributed by atoms with E-state index >= 15 is 0 Å². The Labute approximate surface area is 306 Å². The zero-order valence-corrected chi connectivity index (χ0v) is 30.4. The van der Waals surface area contributed by atoms with Gasteiger partial charge in [0, 0.05) is 46.1 Å². The molecule has 0 spiro atoms. The summed E-state index contributed by atoms with van der Waals surface area (Å²) in [4.78, 5) is 58.4. The van der Waals surface area contributed by atoms with Crippen LogP contribution in [0.4, 0.5) is 0 Å². The van der Waals surface area contributed by atoms with Crippen molar-refractivity contribution in [1.29, 1.82) is 0 Å². The van der Waals surface area contributed by atoms with Crippen molar-refractivity contribution in [3.05, 3.63) is 96.1 Å². The number of imide groups is 2. The van der Waals surface area contributed by atoms with E-state index in [-0.39, 0.29) is 23.6 Å². The normalized spacial score (nSPS) is 14.2. The summed E-state index contributed by atoms with van der Waals surface area (Å²) < 4.78 is 0. The molecule has 4 amide bonds. The van der Waals surface area contributed by atoms with Crippen molar-refractivity contribution in [3.8, 4) is 0 Å². The molecule has 0 aromatic heterocycles. The lowest BCUT2D eigenvalue weighted by atomic mass is 9.82. The molecular formula is C46H50N2O4. The Bertz CT molecular complexity index is 1920. The minimum atomic E-state index is -0.235. The molecule has 0 aliphatic carbocycles. The van der Waals surface area contributed by atoms with Crippen LogP contribution in [-0.2, 0) is 0 Å². The highest BCUT2D eigenvalue weighted by molar-refractivity contribution is 6.41. The second-order valence-corrected chi connectivity index (χ2v) is 14.8. The first-order chi connectivity index (χ1) is 25.5. The summed E-state index contributed by atoms with van der Waals surface area (Å²) in [5.74, 6) is -0.939. The molecule has 0 radical (unpaired) electrons. The number of benzene rings is 5. The van der Waals surface area contributed by atoms with Crippen molar-refractivity contribution in [2.24, 2.45) is 0 Å². The summed E-state index contributed by atoms with van der Waals surface area (Å²) in [6.07, 6.45) is 21.4. The zero-order chi connectivity index (χ0) is 36.2. The Kier molecular flexibility index (Phi) is 10.8. The maximum absolute atomic E-state index is 13.9. The first-order valence-electron chi connectivity index (χ1n) is 19.6. The van der Waals surface area contributed by atoms with E-state index in [1.807, 2.05) is 60.7 Å². The van der Waals surface area contributed by atoms with Gasteiger partial charge in [0.15, 0.2) is 0 Å². The van der Waals surface area contributed by atoms with E-state index in [1.165, 1.54) is 61.2 Å². The monoisotopic (exact) mass is 694 g/mol. The molecule has 0 fully saturated rings. The summed E-state index contributed by atoms with van der Waals surface area (Å²) in [6.45, 7) is 8.41. The largest absolute Gasteiger partial charge is 0.274 e. The van der Waals surface area contributed by atoms with Gasteiger partial charge >= 0.3 is 0 Å². The van der Waals surface area contributed by atoms with Crippen molar-refractivity contribution in [2.45, 2.75) is 103 Å². The number of allylic oxidation sites excluding steroid dienone is 2. The van der Waals surface area contributed by atoms with Crippen LogP contribution in [0, 0.1) is 0 Å². The summed E-state index contributed by atoms with van der Waals surface area (Å²) in [5, 5.41) is 6.85. The molecule has 52 heavy (non-hydrogen) atoms. The number of fused-ring (bicyclic) bond motifs is 2. The minimum Gasteiger partial charge on any atom is -0.274 e. The van der Waals surface area contributed by atoms with Crippen LogP contribution >= 0.6 is 0 Å². The Hall–Kier alpha value is -4.84. The number of carbonyl (C=O) groups is 4. The smallest absolute Gasteiger partial charge is 0.261 e. The topological polar surface area (TPSA) is 74.8 Å². The van der Waals surface area contributed by atoms with Gasteiger partial charge in [-0.2, -0.15) is 0 Å². The van der Waals surface area contributed by atoms with E-state index in [9.17, 15) is 19.2 Å². The van der Waals surface area contributed by atoms with Crippen LogP contribution in [0.3, 0.4) is 0 Å². The quantitative estimate of drug-likeness (QED) is 0.0267. The molecule has 268 valence electrons. The summed E-state index contributed by atoms with van der Waals surface area (Å²) >= 11 is 0. The van der Waals surface area contributed by atoms with Gasteiger partial charge in [0.1, 0.15) is 0 Å². The fraction of sp³-hybridized carbons (Fsp3) is 0.391. The molecule has 0 N–H and O–H groups in total. The van der Waals surface area contributed by atoms with Gasteiger partial charge in [-0.25, -0.2) is 0 Å². The molecule has 7 rings (SSSR count). The van der Waals surface area contributed by atoms with E-state index in [0.29, 0.717) is 46.1 Å². The first kappa shape index (κ1) is 35.6. The van der Waals surface area contributed by atoms with Gasteiger partial charge in [-0.1, -0.05) is 101 Å². The van der Waals surface area contributed by atoms with Crippen LogP contribution in [0.2, 0.25) is 0 Å². The maximum atomic E-state index is 13.9. The molecule has 5 aromatic carbocycles. The second-order valence-electron chi connectivity index (χ2n) is 14.8. The van der Waals surface area contributed by atoms with Crippen LogP contribution in [0.5, 0.6) is 0 Å². The number of amides is 4. The van der Waals surface area contributed by atoms with Gasteiger partial charge in [-0.05, 0) is 95.1 Å². The molecule has 5 aromatic rings. The molecule has 2 heterocycles. The Morgan fingerprint density at radius 1 is 0.365 bits per heavy atom. The van der Waals surface area contributed by atoms with Crippen molar-refractivity contribution >= 4 is 66.7 Å². The SMILES string of the molecule is C=CCCCCCCCCCN1C(=O)c2ccc3c4ccc5c6c(ccc(c7ccc(c2c37)C1=O)c64)C(=O)N(CCCCCCCCCC=C)C5=O. The third kappa shape index (κ3) is 6.42. The summed E-state index contributed by atoms with van der Waals surface area (Å²) in [7, 11) is 0. The Balaban J connectivity index is 1.12. The highest BCUT2D eigenvalue weighted by Gasteiger charge is 2.36. The standard InChI is InChI=1S/C46H50N2O4/c1-3-5-7-9-11-13-15-17-19-29-47-43(49)35-25-21-31-33-23-27-37-42-38(46(52)48(45(37)51)30-20-18-16-14-12-10-8-6-4-2)28-24-34(40(33)42)32-22-26-36(44(47)50)41(35)39(31)32/h3-4,21-28H,1-2,5-20,29-30H2. The number of hydrogen-bond donors (Lipinski definition) is 0. The van der Waals surface area contributed by atoms with E-state index in [4.69, 9.17) is 0 Å². The molecule has 6 heteroatoms. The molecule has 0 bridgehead atoms. The average molecular weight is 695 g/mol. The fourth-order valence-electron chi connectivity index (χ4n) is 8.66. The Morgan fingerprint density at radius 2 is 0.635 bits per heavy atom. The van der Waals surface area contributed by atoms with E-state index < -0.39 is 0 Å². The van der Waals surface area contributed by atoms with Gasteiger partial charge in [-0.15, -0.1) is 13.2 Å². The zero-order valence-electron chi connectivity index (χ0n) is 30.4. The molecule has 2 aliphatic heterocycles. The minimum absolute atomic E-state index is 0.235. The fourth-order valence-corrected chi connectivity index (χ4v) is 8.66. The second kappa shape index (κ2) is 15.8. The van der Waals surface area contributed by atoms with Crippen LogP contribution in [0.25, 0.3) is 43.1 Å². The van der Waals surface area contributed by atoms with E-state index in [2.05, 4.69) is 13.2 Å².